The van der Waals surface area contributed by atoms with Crippen molar-refractivity contribution in [1.82, 2.24) is 9.55 Å². The van der Waals surface area contributed by atoms with Crippen LogP contribution in [0.25, 0.3) is 0 Å². The van der Waals surface area contributed by atoms with E-state index in [1.807, 2.05) is 0 Å². The van der Waals surface area contributed by atoms with Crippen molar-refractivity contribution in [3.8, 4) is 5.75 Å². The molecule has 0 N–H and O–H groups in total. The van der Waals surface area contributed by atoms with Crippen LogP contribution in [0.2, 0.25) is 5.02 Å². The zero-order valence-corrected chi connectivity index (χ0v) is 10.9. The summed E-state index contributed by atoms with van der Waals surface area (Å²) in [5, 5.41) is 0.610. The van der Waals surface area contributed by atoms with Gasteiger partial charge in [0.05, 0.1) is 0 Å². The van der Waals surface area contributed by atoms with Gasteiger partial charge in [-0.3, -0.25) is 9.36 Å². The Labute approximate surface area is 110 Å². The predicted molar refractivity (Wildman–Crippen MR) is 70.0 cm³/mol. The summed E-state index contributed by atoms with van der Waals surface area (Å²) in [6.07, 6.45) is 0. The Bertz CT molecular complexity index is 623. The van der Waals surface area contributed by atoms with E-state index in [1.165, 1.54) is 10.6 Å². The van der Waals surface area contributed by atoms with E-state index >= 15 is 0 Å². The Morgan fingerprint density at radius 1 is 1.39 bits per heavy atom. The highest BCUT2D eigenvalue weighted by Crippen LogP contribution is 2.17. The molecule has 0 aliphatic heterocycles. The third-order valence-electron chi connectivity index (χ3n) is 2.52. The second kappa shape index (κ2) is 5.23. The molecule has 2 rings (SSSR count). The van der Waals surface area contributed by atoms with Gasteiger partial charge in [-0.25, -0.2) is 4.98 Å². The lowest BCUT2D eigenvalue weighted by Gasteiger charge is -2.09. The summed E-state index contributed by atoms with van der Waals surface area (Å²) in [6.45, 7) is 2.01. The third-order valence-corrected chi connectivity index (χ3v) is 2.75. The number of benzene rings is 1. The summed E-state index contributed by atoms with van der Waals surface area (Å²) >= 11 is 5.86. The highest BCUT2D eigenvalue weighted by Gasteiger charge is 2.04. The molecule has 2 aromatic rings. The molecule has 0 radical (unpaired) electrons. The van der Waals surface area contributed by atoms with Crippen molar-refractivity contribution in [2.24, 2.45) is 7.05 Å². The van der Waals surface area contributed by atoms with Crippen LogP contribution in [0.1, 0.15) is 11.5 Å². The van der Waals surface area contributed by atoms with Crippen LogP contribution in [0.4, 0.5) is 0 Å². The summed E-state index contributed by atoms with van der Waals surface area (Å²) in [5.74, 6) is 1.23. The summed E-state index contributed by atoms with van der Waals surface area (Å²) in [7, 11) is 1.67. The summed E-state index contributed by atoms with van der Waals surface area (Å²) in [6, 6.07) is 8.59. The van der Waals surface area contributed by atoms with E-state index in [-0.39, 0.29) is 12.2 Å². The smallest absolute Gasteiger partial charge is 0.253 e. The highest BCUT2D eigenvalue weighted by atomic mass is 35.5. The Morgan fingerprint density at radius 2 is 2.17 bits per heavy atom. The Balaban J connectivity index is 2.18. The van der Waals surface area contributed by atoms with Crippen LogP contribution < -0.4 is 10.3 Å². The van der Waals surface area contributed by atoms with Crippen molar-refractivity contribution < 1.29 is 4.74 Å². The van der Waals surface area contributed by atoms with E-state index in [0.29, 0.717) is 22.3 Å². The molecule has 94 valence electrons. The zero-order chi connectivity index (χ0) is 13.1. The standard InChI is InChI=1S/C13H13ClN2O2/c1-9-6-13(17)16(2)12(15-9)8-18-11-5-3-4-10(14)7-11/h3-7H,8H2,1-2H3. The number of aryl methyl sites for hydroxylation is 1. The third kappa shape index (κ3) is 2.90. The molecular formula is C13H13ClN2O2. The fourth-order valence-corrected chi connectivity index (χ4v) is 1.73. The molecule has 0 fully saturated rings. The number of halogens is 1. The number of hydrogen-bond acceptors (Lipinski definition) is 3. The van der Waals surface area contributed by atoms with E-state index in [2.05, 4.69) is 4.98 Å². The van der Waals surface area contributed by atoms with Crippen LogP contribution in [0.3, 0.4) is 0 Å². The molecule has 0 bridgehead atoms. The van der Waals surface area contributed by atoms with E-state index in [0.717, 1.165) is 0 Å². The monoisotopic (exact) mass is 264 g/mol. The van der Waals surface area contributed by atoms with Gasteiger partial charge in [-0.05, 0) is 25.1 Å². The van der Waals surface area contributed by atoms with Crippen LogP contribution in [-0.2, 0) is 13.7 Å². The first kappa shape index (κ1) is 12.6. The van der Waals surface area contributed by atoms with Crippen LogP contribution in [0.15, 0.2) is 35.1 Å². The molecule has 1 aromatic heterocycles. The average Bonchev–Trinajstić information content (AvgIpc) is 2.32. The minimum Gasteiger partial charge on any atom is -0.486 e. The van der Waals surface area contributed by atoms with Gasteiger partial charge < -0.3 is 4.74 Å². The van der Waals surface area contributed by atoms with Gasteiger partial charge in [-0.15, -0.1) is 0 Å². The van der Waals surface area contributed by atoms with Gasteiger partial charge in [-0.1, -0.05) is 17.7 Å². The Hall–Kier alpha value is -1.81. The van der Waals surface area contributed by atoms with Crippen molar-refractivity contribution in [1.29, 1.82) is 0 Å². The molecular weight excluding hydrogens is 252 g/mol. The summed E-state index contributed by atoms with van der Waals surface area (Å²) in [5.41, 5.74) is 0.593. The minimum absolute atomic E-state index is 0.0906. The molecule has 1 heterocycles. The zero-order valence-electron chi connectivity index (χ0n) is 10.2. The topological polar surface area (TPSA) is 44.1 Å². The molecule has 0 saturated heterocycles. The Morgan fingerprint density at radius 3 is 2.89 bits per heavy atom. The molecule has 18 heavy (non-hydrogen) atoms. The van der Waals surface area contributed by atoms with Crippen molar-refractivity contribution in [2.45, 2.75) is 13.5 Å². The van der Waals surface area contributed by atoms with Crippen LogP contribution in [0, 0.1) is 6.92 Å². The number of rotatable bonds is 3. The molecule has 5 heteroatoms. The van der Waals surface area contributed by atoms with Gasteiger partial charge in [0.15, 0.2) is 0 Å². The number of nitrogens with zero attached hydrogens (tertiary/aromatic N) is 2. The molecule has 4 nitrogen and oxygen atoms in total. The molecule has 0 aliphatic rings. The van der Waals surface area contributed by atoms with E-state index < -0.39 is 0 Å². The number of hydrogen-bond donors (Lipinski definition) is 0. The Kier molecular flexibility index (Phi) is 3.67. The first-order valence-corrected chi connectivity index (χ1v) is 5.86. The summed E-state index contributed by atoms with van der Waals surface area (Å²) < 4.78 is 7.03. The molecule has 0 atom stereocenters. The lowest BCUT2D eigenvalue weighted by molar-refractivity contribution is 0.288. The molecule has 1 aromatic carbocycles. The van der Waals surface area contributed by atoms with Gasteiger partial charge >= 0.3 is 0 Å². The second-order valence-electron chi connectivity index (χ2n) is 3.96. The first-order chi connectivity index (χ1) is 8.56. The fourth-order valence-electron chi connectivity index (χ4n) is 1.55. The molecule has 0 spiro atoms. The van der Waals surface area contributed by atoms with Gasteiger partial charge in [0.25, 0.3) is 5.56 Å². The maximum Gasteiger partial charge on any atom is 0.253 e. The van der Waals surface area contributed by atoms with E-state index in [1.54, 1.807) is 38.2 Å². The van der Waals surface area contributed by atoms with Gasteiger partial charge in [0.2, 0.25) is 0 Å². The maximum absolute atomic E-state index is 11.6. The lowest BCUT2D eigenvalue weighted by Crippen LogP contribution is -2.23. The number of aromatic nitrogens is 2. The minimum atomic E-state index is -0.0906. The van der Waals surface area contributed by atoms with Crippen molar-refractivity contribution in [2.75, 3.05) is 0 Å². The van der Waals surface area contributed by atoms with Gasteiger partial charge in [-0.2, -0.15) is 0 Å². The lowest BCUT2D eigenvalue weighted by atomic mass is 10.3. The van der Waals surface area contributed by atoms with Gasteiger partial charge in [0.1, 0.15) is 18.2 Å². The quantitative estimate of drug-likeness (QED) is 0.855. The molecule has 0 saturated carbocycles. The van der Waals surface area contributed by atoms with Crippen LogP contribution >= 0.6 is 11.6 Å². The van der Waals surface area contributed by atoms with Crippen molar-refractivity contribution in [3.63, 3.8) is 0 Å². The van der Waals surface area contributed by atoms with Gasteiger partial charge in [0, 0.05) is 23.8 Å². The van der Waals surface area contributed by atoms with E-state index in [9.17, 15) is 4.79 Å². The average molecular weight is 265 g/mol. The SMILES string of the molecule is Cc1cc(=O)n(C)c(COc2cccc(Cl)c2)n1. The molecule has 0 unspecified atom stereocenters. The second-order valence-corrected chi connectivity index (χ2v) is 4.39. The molecule has 0 aliphatic carbocycles. The fraction of sp³-hybridized carbons (Fsp3) is 0.231. The highest BCUT2D eigenvalue weighted by molar-refractivity contribution is 6.30. The van der Waals surface area contributed by atoms with Crippen LogP contribution in [-0.4, -0.2) is 9.55 Å². The van der Waals surface area contributed by atoms with Crippen LogP contribution in [0.5, 0.6) is 5.75 Å². The van der Waals surface area contributed by atoms with Crippen molar-refractivity contribution in [3.05, 3.63) is 57.2 Å². The number of ether oxygens (including phenoxy) is 1. The summed E-state index contributed by atoms with van der Waals surface area (Å²) in [4.78, 5) is 15.8. The normalized spacial score (nSPS) is 10.4. The largest absolute Gasteiger partial charge is 0.486 e. The van der Waals surface area contributed by atoms with E-state index in [4.69, 9.17) is 16.3 Å². The molecule has 0 amide bonds. The van der Waals surface area contributed by atoms with Crippen molar-refractivity contribution >= 4 is 11.6 Å². The first-order valence-electron chi connectivity index (χ1n) is 5.48. The maximum atomic E-state index is 11.6. The predicted octanol–water partition coefficient (Wildman–Crippen LogP) is 2.32.